The van der Waals surface area contributed by atoms with Crippen molar-refractivity contribution in [2.24, 2.45) is 0 Å². The lowest BCUT2D eigenvalue weighted by atomic mass is 10.0. The minimum atomic E-state index is -3.84. The van der Waals surface area contributed by atoms with E-state index in [4.69, 9.17) is 16.3 Å². The minimum absolute atomic E-state index is 0.251. The molecule has 0 spiro atoms. The number of sulfonamides is 1. The molecule has 0 bridgehead atoms. The molecule has 152 valence electrons. The third kappa shape index (κ3) is 4.48. The molecule has 0 atom stereocenters. The number of carbonyl (C=O) groups excluding carboxylic acids is 1. The standard InChI is InChI=1S/C20H25ClN2O4S/c1-12-9-13(2)15(4)20(14(12)3)28(25,26)23(5)11-19(24)22-17-10-16(21)7-8-18(17)27-6/h7-10H,11H2,1-6H3,(H,22,24). The molecule has 1 amide bonds. The molecule has 0 aliphatic heterocycles. The van der Waals surface area contributed by atoms with Gasteiger partial charge in [0.1, 0.15) is 5.75 Å². The van der Waals surface area contributed by atoms with Crippen LogP contribution in [0.4, 0.5) is 5.69 Å². The summed E-state index contributed by atoms with van der Waals surface area (Å²) in [5.74, 6) is -0.0596. The van der Waals surface area contributed by atoms with Crippen molar-refractivity contribution < 1.29 is 17.9 Å². The third-order valence-corrected chi connectivity index (χ3v) is 7.08. The lowest BCUT2D eigenvalue weighted by Gasteiger charge is -2.22. The van der Waals surface area contributed by atoms with Crippen molar-refractivity contribution >= 4 is 33.2 Å². The topological polar surface area (TPSA) is 75.7 Å². The fourth-order valence-electron chi connectivity index (χ4n) is 2.98. The molecule has 6 nitrogen and oxygen atoms in total. The summed E-state index contributed by atoms with van der Waals surface area (Å²) in [6, 6.07) is 6.77. The van der Waals surface area contributed by atoms with Crippen LogP contribution in [0.25, 0.3) is 0 Å². The number of ether oxygens (including phenoxy) is 1. The predicted octanol–water partition coefficient (Wildman–Crippen LogP) is 3.84. The molecule has 0 aliphatic rings. The maximum atomic E-state index is 13.1. The van der Waals surface area contributed by atoms with E-state index in [1.807, 2.05) is 19.9 Å². The molecule has 0 aromatic heterocycles. The van der Waals surface area contributed by atoms with Crippen LogP contribution in [0.1, 0.15) is 22.3 Å². The first-order valence-corrected chi connectivity index (χ1v) is 10.5. The Hall–Kier alpha value is -2.09. The zero-order valence-electron chi connectivity index (χ0n) is 16.9. The first-order valence-electron chi connectivity index (χ1n) is 8.66. The van der Waals surface area contributed by atoms with Gasteiger partial charge in [-0.15, -0.1) is 0 Å². The van der Waals surface area contributed by atoms with Gasteiger partial charge < -0.3 is 10.1 Å². The van der Waals surface area contributed by atoms with Gasteiger partial charge in [0.25, 0.3) is 0 Å². The van der Waals surface area contributed by atoms with Gasteiger partial charge in [0.05, 0.1) is 24.2 Å². The van der Waals surface area contributed by atoms with Crippen LogP contribution in [0.3, 0.4) is 0 Å². The number of carbonyl (C=O) groups is 1. The number of amides is 1. The highest BCUT2D eigenvalue weighted by molar-refractivity contribution is 7.89. The largest absolute Gasteiger partial charge is 0.495 e. The molecule has 8 heteroatoms. The smallest absolute Gasteiger partial charge is 0.243 e. The van der Waals surface area contributed by atoms with Gasteiger partial charge in [0, 0.05) is 12.1 Å². The van der Waals surface area contributed by atoms with Crippen molar-refractivity contribution in [3.05, 3.63) is 51.5 Å². The van der Waals surface area contributed by atoms with Gasteiger partial charge in [-0.25, -0.2) is 8.42 Å². The summed E-state index contributed by atoms with van der Waals surface area (Å²) >= 11 is 5.97. The first kappa shape index (κ1) is 22.2. The van der Waals surface area contributed by atoms with E-state index >= 15 is 0 Å². The Labute approximate surface area is 171 Å². The maximum absolute atomic E-state index is 13.1. The monoisotopic (exact) mass is 424 g/mol. The normalized spacial score (nSPS) is 11.6. The molecule has 2 rings (SSSR count). The summed E-state index contributed by atoms with van der Waals surface area (Å²) in [6.07, 6.45) is 0. The van der Waals surface area contributed by atoms with Crippen molar-refractivity contribution in [2.45, 2.75) is 32.6 Å². The van der Waals surface area contributed by atoms with Crippen molar-refractivity contribution in [1.29, 1.82) is 0 Å². The number of hydrogen-bond acceptors (Lipinski definition) is 4. The van der Waals surface area contributed by atoms with E-state index in [2.05, 4.69) is 5.32 Å². The molecule has 0 saturated heterocycles. The molecule has 0 unspecified atom stereocenters. The second-order valence-electron chi connectivity index (χ2n) is 6.74. The zero-order chi connectivity index (χ0) is 21.2. The Morgan fingerprint density at radius 3 is 2.21 bits per heavy atom. The van der Waals surface area contributed by atoms with Gasteiger partial charge in [-0.1, -0.05) is 17.7 Å². The summed E-state index contributed by atoms with van der Waals surface area (Å²) < 4.78 is 32.5. The zero-order valence-corrected chi connectivity index (χ0v) is 18.5. The summed E-state index contributed by atoms with van der Waals surface area (Å²) in [4.78, 5) is 12.7. The van der Waals surface area contributed by atoms with Crippen molar-refractivity contribution in [2.75, 3.05) is 26.0 Å². The van der Waals surface area contributed by atoms with E-state index in [0.29, 0.717) is 27.6 Å². The van der Waals surface area contributed by atoms with Crippen LogP contribution in [-0.2, 0) is 14.8 Å². The quantitative estimate of drug-likeness (QED) is 0.764. The summed E-state index contributed by atoms with van der Waals surface area (Å²) in [5, 5.41) is 3.08. The Morgan fingerprint density at radius 1 is 1.11 bits per heavy atom. The van der Waals surface area contributed by atoms with Gasteiger partial charge in [0.2, 0.25) is 15.9 Å². The number of benzene rings is 2. The number of halogens is 1. The molecule has 1 N–H and O–H groups in total. The van der Waals surface area contributed by atoms with Crippen LogP contribution < -0.4 is 10.1 Å². The number of hydrogen-bond donors (Lipinski definition) is 1. The molecular weight excluding hydrogens is 400 g/mol. The molecular formula is C20H25ClN2O4S. The van der Waals surface area contributed by atoms with Crippen LogP contribution in [0.5, 0.6) is 5.75 Å². The lowest BCUT2D eigenvalue weighted by molar-refractivity contribution is -0.116. The number of aryl methyl sites for hydroxylation is 2. The average molecular weight is 425 g/mol. The third-order valence-electron chi connectivity index (χ3n) is 4.77. The van der Waals surface area contributed by atoms with E-state index in [9.17, 15) is 13.2 Å². The maximum Gasteiger partial charge on any atom is 0.243 e. The summed E-state index contributed by atoms with van der Waals surface area (Å²) in [6.45, 7) is 6.96. The molecule has 28 heavy (non-hydrogen) atoms. The number of rotatable bonds is 6. The molecule has 0 radical (unpaired) electrons. The van der Waals surface area contributed by atoms with Crippen molar-refractivity contribution in [1.82, 2.24) is 4.31 Å². The van der Waals surface area contributed by atoms with E-state index in [1.165, 1.54) is 14.2 Å². The minimum Gasteiger partial charge on any atom is -0.495 e. The van der Waals surface area contributed by atoms with Gasteiger partial charge in [-0.3, -0.25) is 4.79 Å². The van der Waals surface area contributed by atoms with Gasteiger partial charge >= 0.3 is 0 Å². The van der Waals surface area contributed by atoms with E-state index in [0.717, 1.165) is 15.4 Å². The van der Waals surface area contributed by atoms with Crippen LogP contribution in [0.15, 0.2) is 29.2 Å². The van der Waals surface area contributed by atoms with Crippen LogP contribution in [0.2, 0.25) is 5.02 Å². The summed E-state index contributed by atoms with van der Waals surface area (Å²) in [7, 11) is -0.978. The van der Waals surface area contributed by atoms with Crippen LogP contribution in [-0.4, -0.2) is 39.3 Å². The second kappa shape index (κ2) is 8.51. The van der Waals surface area contributed by atoms with Gasteiger partial charge in [0.15, 0.2) is 0 Å². The Balaban J connectivity index is 2.29. The first-order chi connectivity index (χ1) is 13.0. The highest BCUT2D eigenvalue weighted by Crippen LogP contribution is 2.29. The fourth-order valence-corrected chi connectivity index (χ4v) is 4.85. The highest BCUT2D eigenvalue weighted by Gasteiger charge is 2.28. The summed E-state index contributed by atoms with van der Waals surface area (Å²) in [5.41, 5.74) is 3.54. The number of nitrogens with one attached hydrogen (secondary N) is 1. The molecule has 2 aromatic rings. The van der Waals surface area contributed by atoms with E-state index in [1.54, 1.807) is 32.0 Å². The Kier molecular flexibility index (Phi) is 6.75. The lowest BCUT2D eigenvalue weighted by Crippen LogP contribution is -2.35. The molecule has 2 aromatic carbocycles. The Bertz CT molecular complexity index is 993. The fraction of sp³-hybridized carbons (Fsp3) is 0.350. The highest BCUT2D eigenvalue weighted by atomic mass is 35.5. The van der Waals surface area contributed by atoms with Crippen LogP contribution in [0, 0.1) is 27.7 Å². The number of likely N-dealkylation sites (N-methyl/N-ethyl adjacent to an activating group) is 1. The van der Waals surface area contributed by atoms with Crippen molar-refractivity contribution in [3.63, 3.8) is 0 Å². The number of nitrogens with zero attached hydrogens (tertiary/aromatic N) is 1. The average Bonchev–Trinajstić information content (AvgIpc) is 2.60. The van der Waals surface area contributed by atoms with Crippen LogP contribution >= 0.6 is 11.6 Å². The second-order valence-corrected chi connectivity index (χ2v) is 9.16. The molecule has 0 heterocycles. The molecule has 0 fully saturated rings. The SMILES string of the molecule is COc1ccc(Cl)cc1NC(=O)CN(C)S(=O)(=O)c1c(C)c(C)cc(C)c1C. The van der Waals surface area contributed by atoms with Crippen molar-refractivity contribution in [3.8, 4) is 5.75 Å². The molecule has 0 saturated carbocycles. The van der Waals surface area contributed by atoms with E-state index in [-0.39, 0.29) is 11.4 Å². The van der Waals surface area contributed by atoms with E-state index < -0.39 is 15.9 Å². The van der Waals surface area contributed by atoms with Gasteiger partial charge in [-0.2, -0.15) is 4.31 Å². The molecule has 0 aliphatic carbocycles. The number of methoxy groups -OCH3 is 1. The van der Waals surface area contributed by atoms with Gasteiger partial charge in [-0.05, 0) is 68.1 Å². The Morgan fingerprint density at radius 2 is 1.68 bits per heavy atom. The predicted molar refractivity (Wildman–Crippen MR) is 112 cm³/mol. The number of anilines is 1.